The molecule has 1 aromatic heterocycles. The minimum Gasteiger partial charge on any atom is -0.507 e. The van der Waals surface area contributed by atoms with E-state index in [1.165, 1.54) is 25.0 Å². The number of aryl methyl sites for hydroxylation is 1. The first kappa shape index (κ1) is 29.7. The third-order valence-electron chi connectivity index (χ3n) is 11.4. The van der Waals surface area contributed by atoms with E-state index in [1.54, 1.807) is 13.0 Å². The Bertz CT molecular complexity index is 1590. The van der Waals surface area contributed by atoms with Crippen LogP contribution < -0.4 is 10.2 Å². The van der Waals surface area contributed by atoms with Crippen molar-refractivity contribution in [2.75, 3.05) is 6.61 Å². The fourth-order valence-corrected chi connectivity index (χ4v) is 9.03. The van der Waals surface area contributed by atoms with Gasteiger partial charge in [0.2, 0.25) is 0 Å². The van der Waals surface area contributed by atoms with E-state index < -0.39 is 0 Å². The van der Waals surface area contributed by atoms with Gasteiger partial charge < -0.3 is 19.0 Å². The summed E-state index contributed by atoms with van der Waals surface area (Å²) in [5.41, 5.74) is 3.60. The summed E-state index contributed by atoms with van der Waals surface area (Å²) in [5, 5.41) is 10.5. The Morgan fingerprint density at radius 2 is 1.77 bits per heavy atom. The van der Waals surface area contributed by atoms with Crippen LogP contribution in [0.2, 0.25) is 0 Å². The number of hydrogen-bond acceptors (Lipinski definition) is 7. The van der Waals surface area contributed by atoms with E-state index in [1.807, 2.05) is 13.0 Å². The number of benzene rings is 1. The Hall–Kier alpha value is -3.35. The van der Waals surface area contributed by atoms with Crippen LogP contribution in [0, 0.1) is 35.5 Å². The van der Waals surface area contributed by atoms with Crippen molar-refractivity contribution in [2.24, 2.45) is 28.6 Å². The predicted octanol–water partition coefficient (Wildman–Crippen LogP) is 7.14. The third kappa shape index (κ3) is 5.12. The van der Waals surface area contributed by atoms with Crippen LogP contribution >= 0.6 is 0 Å². The number of phenols is 1. The number of rotatable bonds is 1. The molecule has 4 aliphatic carbocycles. The number of ketones is 1. The van der Waals surface area contributed by atoms with E-state index >= 15 is 0 Å². The second kappa shape index (κ2) is 11.0. The van der Waals surface area contributed by atoms with Crippen molar-refractivity contribution >= 4 is 22.7 Å². The van der Waals surface area contributed by atoms with Crippen molar-refractivity contribution in [1.82, 2.24) is 0 Å². The van der Waals surface area contributed by atoms with Gasteiger partial charge in [0.05, 0.1) is 0 Å². The first-order valence-electron chi connectivity index (χ1n) is 15.9. The van der Waals surface area contributed by atoms with Crippen molar-refractivity contribution in [3.8, 4) is 11.5 Å². The van der Waals surface area contributed by atoms with E-state index in [-0.39, 0.29) is 39.5 Å². The summed E-state index contributed by atoms with van der Waals surface area (Å²) in [6.45, 7) is 10.3. The highest BCUT2D eigenvalue weighted by Gasteiger charge is 2.58. The lowest BCUT2D eigenvalue weighted by molar-refractivity contribution is -0.148. The van der Waals surface area contributed by atoms with E-state index in [2.05, 4.69) is 19.9 Å². The molecule has 230 valence electrons. The fourth-order valence-electron chi connectivity index (χ4n) is 9.03. The lowest BCUT2D eigenvalue weighted by atomic mass is 9.48. The average molecular weight is 589 g/mol. The van der Waals surface area contributed by atoms with Gasteiger partial charge in [-0.3, -0.25) is 14.4 Å². The van der Waals surface area contributed by atoms with Crippen molar-refractivity contribution in [1.29, 1.82) is 0 Å². The summed E-state index contributed by atoms with van der Waals surface area (Å²) in [6.07, 6.45) is 13.4. The van der Waals surface area contributed by atoms with Gasteiger partial charge >= 0.3 is 5.97 Å². The van der Waals surface area contributed by atoms with Crippen molar-refractivity contribution in [3.63, 3.8) is 0 Å². The molecule has 0 bridgehead atoms. The normalized spacial score (nSPS) is 32.8. The number of phenolic OH excluding ortho intramolecular Hbond substituents is 1. The summed E-state index contributed by atoms with van der Waals surface area (Å²) < 4.78 is 16.6. The number of hydrogen-bond donors (Lipinski definition) is 1. The van der Waals surface area contributed by atoms with Gasteiger partial charge in [-0.2, -0.15) is 0 Å². The van der Waals surface area contributed by atoms with Gasteiger partial charge in [-0.25, -0.2) is 0 Å². The summed E-state index contributed by atoms with van der Waals surface area (Å²) >= 11 is 0. The highest BCUT2D eigenvalue weighted by atomic mass is 16.5. The van der Waals surface area contributed by atoms with Gasteiger partial charge in [0.1, 0.15) is 46.7 Å². The standard InChI is InChI=1S/C21H30O3.C15H14O4/c1-13(22)24-15-8-10-20(2)14(12-15)4-5-16-17-6-7-19(23)21(17,3)11-9-18(16)20;1-8-3-4-10-12(18-7-8)6-13-14(15(10)17)11(16)5-9(2)19-13/h4,15-18H,5-12H2,1-3H3;3,5-6,17H,4,7H2,1-2H3. The SMILES string of the molecule is CC(=O)OC1CCC2(C)C(=CCC3C4CCC(=O)C4(C)CCC32)C1.CC1=CCc2c(cc3oc(C)cc(=O)c3c2O)OC1. The average Bonchev–Trinajstić information content (AvgIpc) is 3.12. The maximum atomic E-state index is 12.4. The molecule has 1 aromatic carbocycles. The van der Waals surface area contributed by atoms with Crippen molar-refractivity contribution in [2.45, 2.75) is 98.5 Å². The molecule has 2 heterocycles. The summed E-state index contributed by atoms with van der Waals surface area (Å²) in [6, 6.07) is 3.07. The molecule has 5 aliphatic rings. The minimum absolute atomic E-state index is 0.0350. The number of Topliss-reactive ketones (excluding diaryl/α,β-unsaturated/α-hetero) is 1. The summed E-state index contributed by atoms with van der Waals surface area (Å²) in [7, 11) is 0. The molecule has 0 spiro atoms. The molecule has 43 heavy (non-hydrogen) atoms. The number of allylic oxidation sites excluding steroid dienone is 2. The maximum Gasteiger partial charge on any atom is 0.302 e. The van der Waals surface area contributed by atoms with Crippen LogP contribution in [0.1, 0.15) is 90.4 Å². The van der Waals surface area contributed by atoms with Gasteiger partial charge in [-0.05, 0) is 87.5 Å². The van der Waals surface area contributed by atoms with Crippen molar-refractivity contribution < 1.29 is 28.6 Å². The molecule has 2 aromatic rings. The largest absolute Gasteiger partial charge is 0.507 e. The lowest BCUT2D eigenvalue weighted by Crippen LogP contribution is -2.50. The first-order valence-corrected chi connectivity index (χ1v) is 15.9. The fraction of sp³-hybridized carbons (Fsp3) is 0.583. The molecule has 0 saturated heterocycles. The molecule has 6 unspecified atom stereocenters. The zero-order valence-corrected chi connectivity index (χ0v) is 26.1. The quantitative estimate of drug-likeness (QED) is 0.279. The molecule has 0 radical (unpaired) electrons. The minimum atomic E-state index is -0.232. The second-order valence-corrected chi connectivity index (χ2v) is 14.0. The molecule has 7 heteroatoms. The van der Waals surface area contributed by atoms with Gasteiger partial charge in [-0.1, -0.05) is 31.6 Å². The number of aromatic hydroxyl groups is 1. The zero-order chi connectivity index (χ0) is 30.7. The molecule has 7 rings (SSSR count). The van der Waals surface area contributed by atoms with Crippen LogP contribution in [0.3, 0.4) is 0 Å². The Balaban J connectivity index is 0.000000157. The smallest absolute Gasteiger partial charge is 0.302 e. The van der Waals surface area contributed by atoms with Gasteiger partial charge in [0.25, 0.3) is 0 Å². The Morgan fingerprint density at radius 3 is 2.53 bits per heavy atom. The topological polar surface area (TPSA) is 103 Å². The highest BCUT2D eigenvalue weighted by molar-refractivity contribution is 5.87. The van der Waals surface area contributed by atoms with Crippen LogP contribution in [0.15, 0.2) is 44.6 Å². The number of esters is 1. The van der Waals surface area contributed by atoms with Crippen LogP contribution in [0.25, 0.3) is 11.0 Å². The molecular weight excluding hydrogens is 544 g/mol. The Kier molecular flexibility index (Phi) is 7.58. The van der Waals surface area contributed by atoms with Crippen LogP contribution in [0.4, 0.5) is 0 Å². The predicted molar refractivity (Wildman–Crippen MR) is 164 cm³/mol. The van der Waals surface area contributed by atoms with E-state index in [0.29, 0.717) is 59.2 Å². The molecular formula is C36H44O7. The molecule has 6 atom stereocenters. The molecule has 1 aliphatic heterocycles. The van der Waals surface area contributed by atoms with Crippen LogP contribution in [-0.2, 0) is 20.7 Å². The van der Waals surface area contributed by atoms with Gasteiger partial charge in [0.15, 0.2) is 5.43 Å². The van der Waals surface area contributed by atoms with E-state index in [9.17, 15) is 19.5 Å². The molecule has 3 fully saturated rings. The number of carbonyl (C=O) groups is 2. The van der Waals surface area contributed by atoms with Crippen LogP contribution in [-0.4, -0.2) is 29.6 Å². The summed E-state index contributed by atoms with van der Waals surface area (Å²) in [5.74, 6) is 3.39. The first-order chi connectivity index (χ1) is 20.4. The molecule has 1 N–H and O–H groups in total. The summed E-state index contributed by atoms with van der Waals surface area (Å²) in [4.78, 5) is 35.7. The number of carbonyl (C=O) groups excluding carboxylic acids is 2. The molecule has 7 nitrogen and oxygen atoms in total. The number of fused-ring (bicyclic) bond motifs is 7. The number of ether oxygens (including phenoxy) is 2. The molecule has 3 saturated carbocycles. The highest BCUT2D eigenvalue weighted by Crippen LogP contribution is 2.64. The maximum absolute atomic E-state index is 12.4. The third-order valence-corrected chi connectivity index (χ3v) is 11.4. The zero-order valence-electron chi connectivity index (χ0n) is 26.1. The monoisotopic (exact) mass is 588 g/mol. The lowest BCUT2D eigenvalue weighted by Gasteiger charge is -2.56. The van der Waals surface area contributed by atoms with Gasteiger partial charge in [-0.15, -0.1) is 0 Å². The van der Waals surface area contributed by atoms with E-state index in [4.69, 9.17) is 13.9 Å². The van der Waals surface area contributed by atoms with Crippen LogP contribution in [0.5, 0.6) is 11.5 Å². The Labute approximate surface area is 253 Å². The Morgan fingerprint density at radius 1 is 1.02 bits per heavy atom. The molecule has 0 amide bonds. The second-order valence-electron chi connectivity index (χ2n) is 14.0. The van der Waals surface area contributed by atoms with Crippen molar-refractivity contribution in [3.05, 3.63) is 57.0 Å². The van der Waals surface area contributed by atoms with Gasteiger partial charge in [0, 0.05) is 42.9 Å². The van der Waals surface area contributed by atoms with E-state index in [0.717, 1.165) is 50.5 Å².